The summed E-state index contributed by atoms with van der Waals surface area (Å²) in [5.41, 5.74) is 0. The molecule has 0 amide bonds. The van der Waals surface area contributed by atoms with E-state index < -0.39 is 16.8 Å². The summed E-state index contributed by atoms with van der Waals surface area (Å²) in [6.45, 7) is 36.5. The van der Waals surface area contributed by atoms with Crippen LogP contribution in [0.4, 0.5) is 0 Å². The molecule has 0 bridgehead atoms. The van der Waals surface area contributed by atoms with Crippen molar-refractivity contribution in [1.29, 1.82) is 0 Å². The van der Waals surface area contributed by atoms with Gasteiger partial charge in [0.25, 0.3) is 0 Å². The number of hydrogen-bond donors (Lipinski definition) is 0. The smallest absolute Gasteiger partial charge is 0.183 e. The summed E-state index contributed by atoms with van der Waals surface area (Å²) in [5.74, 6) is 0. The maximum Gasteiger partial charge on any atom is 0.183 e. The Bertz CT molecular complexity index is 388. The molecule has 0 aliphatic rings. The molecule has 0 spiro atoms. The standard InChI is InChI=1S/C20H45NSi2/c1-16(2,3)22(17(4,5)6)21-23(18(7,8)9,19(10,11)12)20(13,14)15/h1-15H3. The van der Waals surface area contributed by atoms with Crippen LogP contribution in [0.5, 0.6) is 0 Å². The first-order valence-electron chi connectivity index (χ1n) is 9.20. The maximum atomic E-state index is 6.00. The zero-order chi connectivity index (χ0) is 19.3. The zero-order valence-corrected chi connectivity index (χ0v) is 20.9. The summed E-state index contributed by atoms with van der Waals surface area (Å²) in [6.07, 6.45) is 0. The fourth-order valence-corrected chi connectivity index (χ4v) is 22.6. The number of hydrogen-bond acceptors (Lipinski definition) is 1. The average Bonchev–Trinajstić information content (AvgIpc) is 2.05. The van der Waals surface area contributed by atoms with E-state index in [-0.39, 0.29) is 25.2 Å². The highest BCUT2D eigenvalue weighted by atomic mass is 28.4. The van der Waals surface area contributed by atoms with Crippen LogP contribution in [-0.2, 0) is 0 Å². The van der Waals surface area contributed by atoms with Gasteiger partial charge in [0, 0.05) is 0 Å². The molecule has 0 saturated carbocycles. The van der Waals surface area contributed by atoms with Crippen LogP contribution in [0.15, 0.2) is 4.30 Å². The lowest BCUT2D eigenvalue weighted by Crippen LogP contribution is -2.58. The zero-order valence-electron chi connectivity index (χ0n) is 18.9. The minimum absolute atomic E-state index is 0.246. The molecule has 3 heteroatoms. The van der Waals surface area contributed by atoms with Crippen molar-refractivity contribution in [1.82, 2.24) is 0 Å². The molecule has 0 fully saturated rings. The molecule has 0 N–H and O–H groups in total. The molecular weight excluding hydrogens is 310 g/mol. The van der Waals surface area contributed by atoms with Gasteiger partial charge in [-0.3, -0.25) is 0 Å². The molecule has 138 valence electrons. The van der Waals surface area contributed by atoms with Gasteiger partial charge in [0.1, 0.15) is 8.59 Å². The van der Waals surface area contributed by atoms with E-state index in [2.05, 4.69) is 104 Å². The molecule has 23 heavy (non-hydrogen) atoms. The van der Waals surface area contributed by atoms with Gasteiger partial charge in [-0.2, -0.15) is 0 Å². The molecule has 0 aliphatic heterocycles. The molecule has 0 heterocycles. The van der Waals surface area contributed by atoms with Gasteiger partial charge in [0.15, 0.2) is 8.24 Å². The lowest BCUT2D eigenvalue weighted by atomic mass is 10.2. The van der Waals surface area contributed by atoms with E-state index in [9.17, 15) is 0 Å². The van der Waals surface area contributed by atoms with Crippen LogP contribution in [0, 0.1) is 0 Å². The highest BCUT2D eigenvalue weighted by Crippen LogP contribution is 2.63. The van der Waals surface area contributed by atoms with E-state index in [1.165, 1.54) is 0 Å². The minimum Gasteiger partial charge on any atom is -0.364 e. The highest BCUT2D eigenvalue weighted by molar-refractivity contribution is 6.89. The third-order valence-corrected chi connectivity index (χ3v) is 16.5. The molecule has 1 nitrogen and oxygen atoms in total. The Labute approximate surface area is 150 Å². The summed E-state index contributed by atoms with van der Waals surface area (Å²) in [5, 5.41) is 1.30. The van der Waals surface area contributed by atoms with Crippen molar-refractivity contribution in [2.75, 3.05) is 0 Å². The summed E-state index contributed by atoms with van der Waals surface area (Å²) in [7, 11) is -2.91. The van der Waals surface area contributed by atoms with Gasteiger partial charge < -0.3 is 4.30 Å². The van der Waals surface area contributed by atoms with Crippen LogP contribution in [0.25, 0.3) is 0 Å². The van der Waals surface area contributed by atoms with Crippen LogP contribution in [-0.4, -0.2) is 16.8 Å². The fraction of sp³-hybridized carbons (Fsp3) is 1.00. The van der Waals surface area contributed by atoms with Gasteiger partial charge in [-0.05, 0) is 25.2 Å². The van der Waals surface area contributed by atoms with Crippen LogP contribution in [0.2, 0.25) is 25.2 Å². The first-order valence-corrected chi connectivity index (χ1v) is 12.6. The van der Waals surface area contributed by atoms with E-state index in [1.807, 2.05) is 0 Å². The number of nitrogens with zero attached hydrogens (tertiary/aromatic N) is 1. The second kappa shape index (κ2) is 6.19. The van der Waals surface area contributed by atoms with Gasteiger partial charge in [-0.25, -0.2) is 0 Å². The summed E-state index contributed by atoms with van der Waals surface area (Å²) >= 11 is 0. The molecule has 0 aliphatic carbocycles. The molecule has 0 saturated heterocycles. The van der Waals surface area contributed by atoms with Crippen molar-refractivity contribution in [3.8, 4) is 0 Å². The topological polar surface area (TPSA) is 12.4 Å². The Balaban J connectivity index is 7.04. The van der Waals surface area contributed by atoms with E-state index in [1.54, 1.807) is 0 Å². The first kappa shape index (κ1) is 23.2. The third kappa shape index (κ3) is 4.65. The van der Waals surface area contributed by atoms with E-state index >= 15 is 0 Å². The predicted molar refractivity (Wildman–Crippen MR) is 113 cm³/mol. The second-order valence-electron chi connectivity index (χ2n) is 12.4. The van der Waals surface area contributed by atoms with E-state index in [0.29, 0.717) is 0 Å². The fourth-order valence-electron chi connectivity index (χ4n) is 5.51. The molecule has 0 aromatic heterocycles. The monoisotopic (exact) mass is 355 g/mol. The largest absolute Gasteiger partial charge is 0.364 e. The first-order chi connectivity index (χ1) is 9.59. The molecule has 0 radical (unpaired) electrons. The van der Waals surface area contributed by atoms with Crippen LogP contribution >= 0.6 is 0 Å². The minimum atomic E-state index is -2.01. The van der Waals surface area contributed by atoms with Gasteiger partial charge in [0.2, 0.25) is 0 Å². The van der Waals surface area contributed by atoms with Crippen molar-refractivity contribution < 1.29 is 0 Å². The van der Waals surface area contributed by atoms with Crippen molar-refractivity contribution in [3.63, 3.8) is 0 Å². The van der Waals surface area contributed by atoms with Crippen molar-refractivity contribution in [2.45, 2.75) is 129 Å². The Hall–Kier alpha value is 0.234. The van der Waals surface area contributed by atoms with Gasteiger partial charge in [-0.1, -0.05) is 104 Å². The third-order valence-electron chi connectivity index (χ3n) is 4.96. The molecule has 0 unspecified atom stereocenters. The highest BCUT2D eigenvalue weighted by Gasteiger charge is 2.61. The predicted octanol–water partition coefficient (Wildman–Crippen LogP) is 8.19. The number of rotatable bonds is 1. The summed E-state index contributed by atoms with van der Waals surface area (Å²) in [4.78, 5) is 0. The SMILES string of the molecule is CC(C)(C)[Si](=N[Si](C(C)(C)C)(C(C)(C)C)C(C)(C)C)C(C)(C)C. The maximum absolute atomic E-state index is 6.00. The van der Waals surface area contributed by atoms with Crippen molar-refractivity contribution >= 4 is 16.8 Å². The molecule has 0 atom stereocenters. The Kier molecular flexibility index (Phi) is 6.26. The van der Waals surface area contributed by atoms with E-state index in [0.717, 1.165) is 0 Å². The average molecular weight is 356 g/mol. The van der Waals surface area contributed by atoms with Crippen LogP contribution in [0.1, 0.15) is 104 Å². The Morgan fingerprint density at radius 3 is 0.826 bits per heavy atom. The van der Waals surface area contributed by atoms with Gasteiger partial charge in [-0.15, -0.1) is 0 Å². The quantitative estimate of drug-likeness (QED) is 0.420. The van der Waals surface area contributed by atoms with E-state index in [4.69, 9.17) is 4.30 Å². The Morgan fingerprint density at radius 2 is 0.696 bits per heavy atom. The van der Waals surface area contributed by atoms with Crippen LogP contribution < -0.4 is 0 Å². The summed E-state index contributed by atoms with van der Waals surface area (Å²) < 4.78 is 6.00. The summed E-state index contributed by atoms with van der Waals surface area (Å²) in [6, 6.07) is 0. The van der Waals surface area contributed by atoms with Gasteiger partial charge in [0.05, 0.1) is 0 Å². The van der Waals surface area contributed by atoms with Crippen molar-refractivity contribution in [2.24, 2.45) is 4.30 Å². The molecule has 0 aromatic rings. The molecule has 0 rings (SSSR count). The van der Waals surface area contributed by atoms with Crippen molar-refractivity contribution in [3.05, 3.63) is 0 Å². The molecular formula is C20H45NSi2. The Morgan fingerprint density at radius 1 is 0.478 bits per heavy atom. The lowest BCUT2D eigenvalue weighted by Gasteiger charge is -2.57. The second-order valence-corrected chi connectivity index (χ2v) is 22.9. The normalized spacial score (nSPS) is 15.6. The van der Waals surface area contributed by atoms with Crippen LogP contribution in [0.3, 0.4) is 0 Å². The lowest BCUT2D eigenvalue weighted by molar-refractivity contribution is 0.529. The molecule has 0 aromatic carbocycles. The van der Waals surface area contributed by atoms with Gasteiger partial charge >= 0.3 is 0 Å².